The summed E-state index contributed by atoms with van der Waals surface area (Å²) in [6.45, 7) is 1.54. The molecule has 8 heteroatoms. The number of hydrogen-bond acceptors (Lipinski definition) is 5. The Kier molecular flexibility index (Phi) is 4.73. The molecule has 0 atom stereocenters. The van der Waals surface area contributed by atoms with Gasteiger partial charge in [-0.25, -0.2) is 0 Å². The third kappa shape index (κ3) is 3.91. The van der Waals surface area contributed by atoms with Crippen LogP contribution < -0.4 is 9.47 Å². The lowest BCUT2D eigenvalue weighted by Gasteiger charge is -2.14. The Hall–Kier alpha value is -2.77. The van der Waals surface area contributed by atoms with Crippen LogP contribution in [0.1, 0.15) is 18.2 Å². The van der Waals surface area contributed by atoms with Gasteiger partial charge in [0.25, 0.3) is 0 Å². The summed E-state index contributed by atoms with van der Waals surface area (Å²) in [5.74, 6) is -0.163. The van der Waals surface area contributed by atoms with Crippen molar-refractivity contribution in [3.63, 3.8) is 0 Å². The molecule has 2 aromatic rings. The normalized spacial score (nSPS) is 12.1. The van der Waals surface area contributed by atoms with Crippen LogP contribution in [0.25, 0.3) is 0 Å². The molecule has 0 unspecified atom stereocenters. The largest absolute Gasteiger partial charge is 0.497 e. The van der Waals surface area contributed by atoms with Gasteiger partial charge in [-0.3, -0.25) is 4.98 Å². The Morgan fingerprint density at radius 1 is 1.17 bits per heavy atom. The number of benzene rings is 1. The van der Waals surface area contributed by atoms with Crippen molar-refractivity contribution in [3.05, 3.63) is 47.8 Å². The van der Waals surface area contributed by atoms with E-state index >= 15 is 0 Å². The van der Waals surface area contributed by atoms with Crippen LogP contribution in [0.15, 0.2) is 41.7 Å². The summed E-state index contributed by atoms with van der Waals surface area (Å²) < 4.78 is 49.3. The quantitative estimate of drug-likeness (QED) is 0.522. The third-order valence-electron chi connectivity index (χ3n) is 2.98. The Balaban J connectivity index is 2.33. The highest BCUT2D eigenvalue weighted by Crippen LogP contribution is 2.40. The van der Waals surface area contributed by atoms with Crippen molar-refractivity contribution in [1.82, 2.24) is 4.98 Å². The molecular weight excluding hydrogens is 313 g/mol. The number of rotatable bonds is 4. The molecule has 0 fully saturated rings. The first-order chi connectivity index (χ1) is 10.8. The number of halogens is 3. The highest BCUT2D eigenvalue weighted by Gasteiger charge is 2.35. The van der Waals surface area contributed by atoms with Crippen LogP contribution >= 0.6 is 0 Å². The zero-order chi connectivity index (χ0) is 17.0. The predicted molar refractivity (Wildman–Crippen MR) is 76.3 cm³/mol. The average Bonchev–Trinajstić information content (AvgIpc) is 2.54. The zero-order valence-corrected chi connectivity index (χ0v) is 12.3. The third-order valence-corrected chi connectivity index (χ3v) is 2.98. The van der Waals surface area contributed by atoms with Crippen molar-refractivity contribution in [2.45, 2.75) is 13.1 Å². The standard InChI is InChI=1S/C15H13F3N2O3/c1-9(20-21)13-5-3-11(8-19-13)23-14-6-4-10(22-2)7-12(14)15(16,17)18/h3-8,21H,1-2H3. The lowest BCUT2D eigenvalue weighted by Crippen LogP contribution is -2.07. The van der Waals surface area contributed by atoms with Gasteiger partial charge in [0.1, 0.15) is 28.5 Å². The van der Waals surface area contributed by atoms with E-state index < -0.39 is 11.7 Å². The van der Waals surface area contributed by atoms with Gasteiger partial charge in [0.2, 0.25) is 0 Å². The van der Waals surface area contributed by atoms with Crippen molar-refractivity contribution in [2.24, 2.45) is 5.16 Å². The molecule has 0 radical (unpaired) electrons. The number of pyridine rings is 1. The summed E-state index contributed by atoms with van der Waals surface area (Å²) in [5, 5.41) is 11.6. The summed E-state index contributed by atoms with van der Waals surface area (Å²) in [6.07, 6.45) is -3.34. The van der Waals surface area contributed by atoms with Crippen LogP contribution in [0.4, 0.5) is 13.2 Å². The molecule has 0 amide bonds. The number of ether oxygens (including phenoxy) is 2. The van der Waals surface area contributed by atoms with E-state index in [1.54, 1.807) is 0 Å². The maximum atomic E-state index is 13.1. The van der Waals surface area contributed by atoms with Crippen LogP contribution in [0.3, 0.4) is 0 Å². The fourth-order valence-electron chi connectivity index (χ4n) is 1.78. The lowest BCUT2D eigenvalue weighted by atomic mass is 10.2. The van der Waals surface area contributed by atoms with Crippen LogP contribution in [-0.4, -0.2) is 23.0 Å². The lowest BCUT2D eigenvalue weighted by molar-refractivity contribution is -0.138. The molecule has 2 rings (SSSR count). The monoisotopic (exact) mass is 326 g/mol. The molecule has 0 aliphatic carbocycles. The zero-order valence-electron chi connectivity index (χ0n) is 12.3. The topological polar surface area (TPSA) is 63.9 Å². The van der Waals surface area contributed by atoms with Crippen LogP contribution in [0.5, 0.6) is 17.2 Å². The second-order valence-corrected chi connectivity index (χ2v) is 4.53. The molecule has 0 spiro atoms. The summed E-state index contributed by atoms with van der Waals surface area (Å²) in [6, 6.07) is 6.31. The van der Waals surface area contributed by atoms with Crippen molar-refractivity contribution < 1.29 is 27.9 Å². The minimum Gasteiger partial charge on any atom is -0.497 e. The van der Waals surface area contributed by atoms with Gasteiger partial charge in [-0.15, -0.1) is 0 Å². The van der Waals surface area contributed by atoms with E-state index in [2.05, 4.69) is 10.1 Å². The SMILES string of the molecule is COc1ccc(Oc2ccc(C(C)=NO)nc2)c(C(F)(F)F)c1. The Morgan fingerprint density at radius 2 is 1.87 bits per heavy atom. The first-order valence-electron chi connectivity index (χ1n) is 6.43. The molecule has 0 bridgehead atoms. The Morgan fingerprint density at radius 3 is 2.39 bits per heavy atom. The fourth-order valence-corrected chi connectivity index (χ4v) is 1.78. The van der Waals surface area contributed by atoms with Crippen molar-refractivity contribution >= 4 is 5.71 Å². The molecule has 1 aromatic heterocycles. The Labute approximate surface area is 130 Å². The predicted octanol–water partition coefficient (Wildman–Crippen LogP) is 4.10. The number of nitrogens with zero attached hydrogens (tertiary/aromatic N) is 2. The van der Waals surface area contributed by atoms with Gasteiger partial charge in [-0.05, 0) is 37.3 Å². The van der Waals surface area contributed by atoms with E-state index in [9.17, 15) is 13.2 Å². The smallest absolute Gasteiger partial charge is 0.420 e. The van der Waals surface area contributed by atoms with E-state index in [0.29, 0.717) is 5.69 Å². The van der Waals surface area contributed by atoms with Gasteiger partial charge in [-0.1, -0.05) is 5.16 Å². The van der Waals surface area contributed by atoms with Gasteiger partial charge in [0.15, 0.2) is 0 Å². The summed E-state index contributed by atoms with van der Waals surface area (Å²) >= 11 is 0. The number of oxime groups is 1. The molecule has 0 aliphatic heterocycles. The molecule has 0 saturated heterocycles. The second-order valence-electron chi connectivity index (χ2n) is 4.53. The highest BCUT2D eigenvalue weighted by molar-refractivity contribution is 5.96. The average molecular weight is 326 g/mol. The highest BCUT2D eigenvalue weighted by atomic mass is 19.4. The molecular formula is C15H13F3N2O3. The van der Waals surface area contributed by atoms with E-state index in [0.717, 1.165) is 6.07 Å². The summed E-state index contributed by atoms with van der Waals surface area (Å²) in [4.78, 5) is 3.95. The molecule has 122 valence electrons. The Bertz CT molecular complexity index is 713. The minimum absolute atomic E-state index is 0.0768. The summed E-state index contributed by atoms with van der Waals surface area (Å²) in [5.41, 5.74) is -0.295. The molecule has 0 aliphatic rings. The minimum atomic E-state index is -4.59. The molecule has 0 saturated carbocycles. The molecule has 5 nitrogen and oxygen atoms in total. The molecule has 1 aromatic carbocycles. The summed E-state index contributed by atoms with van der Waals surface area (Å²) in [7, 11) is 1.28. The number of methoxy groups -OCH3 is 1. The van der Waals surface area contributed by atoms with Crippen LogP contribution in [0, 0.1) is 0 Å². The second kappa shape index (κ2) is 6.55. The molecule has 1 heterocycles. The van der Waals surface area contributed by atoms with E-state index in [4.69, 9.17) is 14.7 Å². The van der Waals surface area contributed by atoms with E-state index in [1.807, 2.05) is 0 Å². The van der Waals surface area contributed by atoms with Crippen LogP contribution in [-0.2, 0) is 6.18 Å². The molecule has 23 heavy (non-hydrogen) atoms. The van der Waals surface area contributed by atoms with Gasteiger partial charge in [-0.2, -0.15) is 13.2 Å². The van der Waals surface area contributed by atoms with E-state index in [1.165, 1.54) is 44.5 Å². The maximum Gasteiger partial charge on any atom is 0.420 e. The fraction of sp³-hybridized carbons (Fsp3) is 0.200. The number of aromatic nitrogens is 1. The number of alkyl halides is 3. The van der Waals surface area contributed by atoms with E-state index in [-0.39, 0.29) is 23.0 Å². The molecule has 1 N–H and O–H groups in total. The van der Waals surface area contributed by atoms with Gasteiger partial charge < -0.3 is 14.7 Å². The van der Waals surface area contributed by atoms with Crippen LogP contribution in [0.2, 0.25) is 0 Å². The van der Waals surface area contributed by atoms with Crippen molar-refractivity contribution in [3.8, 4) is 17.2 Å². The van der Waals surface area contributed by atoms with Gasteiger partial charge >= 0.3 is 6.18 Å². The van der Waals surface area contributed by atoms with Crippen molar-refractivity contribution in [2.75, 3.05) is 7.11 Å². The first kappa shape index (κ1) is 16.6. The number of hydrogen-bond donors (Lipinski definition) is 1. The van der Waals surface area contributed by atoms with Gasteiger partial charge in [0.05, 0.1) is 19.0 Å². The maximum absolute atomic E-state index is 13.1. The van der Waals surface area contributed by atoms with Crippen molar-refractivity contribution in [1.29, 1.82) is 0 Å². The van der Waals surface area contributed by atoms with Gasteiger partial charge in [0, 0.05) is 0 Å². The first-order valence-corrected chi connectivity index (χ1v) is 6.43.